The fraction of sp³-hybridized carbons (Fsp3) is 0.294. The van der Waals surface area contributed by atoms with Crippen LogP contribution >= 0.6 is 0 Å². The highest BCUT2D eigenvalue weighted by Crippen LogP contribution is 2.24. The van der Waals surface area contributed by atoms with Crippen LogP contribution in [0.3, 0.4) is 0 Å². The van der Waals surface area contributed by atoms with Crippen molar-refractivity contribution in [1.82, 2.24) is 5.32 Å². The molecule has 0 spiro atoms. The average Bonchev–Trinajstić information content (AvgIpc) is 2.43. The Labute approximate surface area is 123 Å². The minimum atomic E-state index is -0.370. The maximum Gasteiger partial charge on any atom is 0.123 e. The van der Waals surface area contributed by atoms with Crippen LogP contribution in [0.2, 0.25) is 0 Å². The van der Waals surface area contributed by atoms with Crippen LogP contribution in [0.1, 0.15) is 29.7 Å². The lowest BCUT2D eigenvalue weighted by Gasteiger charge is -2.16. The standard InChI is InChI=1S/C17H19F2NO/c1-11-9-14(18)4-3-13(11)7-8-20-12(2)16-10-15(19)5-6-17(16)21/h3-6,9-10,12,20-21H,7-8H2,1-2H3. The molecule has 0 aromatic heterocycles. The van der Waals surface area contributed by atoms with E-state index >= 15 is 0 Å². The van der Waals surface area contributed by atoms with Gasteiger partial charge in [-0.3, -0.25) is 0 Å². The summed E-state index contributed by atoms with van der Waals surface area (Å²) in [5, 5.41) is 13.0. The van der Waals surface area contributed by atoms with E-state index in [1.807, 2.05) is 13.8 Å². The summed E-state index contributed by atoms with van der Waals surface area (Å²) in [5.41, 5.74) is 2.52. The number of phenolic OH excluding ortho intramolecular Hbond substituents is 1. The Morgan fingerprint density at radius 2 is 1.76 bits per heavy atom. The molecule has 2 nitrogen and oxygen atoms in total. The number of hydrogen-bond donors (Lipinski definition) is 2. The summed E-state index contributed by atoms with van der Waals surface area (Å²) in [7, 11) is 0. The molecule has 112 valence electrons. The van der Waals surface area contributed by atoms with Crippen molar-refractivity contribution in [3.63, 3.8) is 0 Å². The number of rotatable bonds is 5. The zero-order valence-corrected chi connectivity index (χ0v) is 12.2. The Bertz CT molecular complexity index is 628. The summed E-state index contributed by atoms with van der Waals surface area (Å²) in [6.45, 7) is 4.40. The van der Waals surface area contributed by atoms with Crippen molar-refractivity contribution in [3.05, 3.63) is 64.7 Å². The van der Waals surface area contributed by atoms with Crippen molar-refractivity contribution in [2.75, 3.05) is 6.54 Å². The average molecular weight is 291 g/mol. The zero-order valence-electron chi connectivity index (χ0n) is 12.2. The number of hydrogen-bond acceptors (Lipinski definition) is 2. The van der Waals surface area contributed by atoms with Gasteiger partial charge in [0, 0.05) is 11.6 Å². The molecule has 2 N–H and O–H groups in total. The quantitative estimate of drug-likeness (QED) is 0.876. The maximum atomic E-state index is 13.2. The molecule has 4 heteroatoms. The fourth-order valence-corrected chi connectivity index (χ4v) is 2.35. The Morgan fingerprint density at radius 3 is 2.48 bits per heavy atom. The summed E-state index contributed by atoms with van der Waals surface area (Å²) in [4.78, 5) is 0. The summed E-state index contributed by atoms with van der Waals surface area (Å²) in [6, 6.07) is 8.48. The molecule has 1 unspecified atom stereocenters. The first-order valence-corrected chi connectivity index (χ1v) is 6.94. The summed E-state index contributed by atoms with van der Waals surface area (Å²) >= 11 is 0. The van der Waals surface area contributed by atoms with Gasteiger partial charge in [-0.05, 0) is 68.3 Å². The largest absolute Gasteiger partial charge is 0.508 e. The predicted molar refractivity (Wildman–Crippen MR) is 79.3 cm³/mol. The first-order chi connectivity index (χ1) is 9.97. The van der Waals surface area contributed by atoms with Gasteiger partial charge in [0.25, 0.3) is 0 Å². The second-order valence-electron chi connectivity index (χ2n) is 5.20. The monoisotopic (exact) mass is 291 g/mol. The van der Waals surface area contributed by atoms with Gasteiger partial charge in [0.05, 0.1) is 0 Å². The number of aromatic hydroxyl groups is 1. The Balaban J connectivity index is 1.95. The highest BCUT2D eigenvalue weighted by Gasteiger charge is 2.11. The normalized spacial score (nSPS) is 12.4. The Morgan fingerprint density at radius 1 is 1.10 bits per heavy atom. The minimum Gasteiger partial charge on any atom is -0.508 e. The number of aryl methyl sites for hydroxylation is 1. The van der Waals surface area contributed by atoms with E-state index in [0.29, 0.717) is 12.1 Å². The lowest BCUT2D eigenvalue weighted by molar-refractivity contribution is 0.449. The molecule has 0 heterocycles. The van der Waals surface area contributed by atoms with Crippen LogP contribution in [0.4, 0.5) is 8.78 Å². The van der Waals surface area contributed by atoms with Crippen molar-refractivity contribution in [3.8, 4) is 5.75 Å². The molecule has 1 atom stereocenters. The summed E-state index contributed by atoms with van der Waals surface area (Å²) in [6.07, 6.45) is 0.743. The van der Waals surface area contributed by atoms with Crippen LogP contribution < -0.4 is 5.32 Å². The van der Waals surface area contributed by atoms with Gasteiger partial charge >= 0.3 is 0 Å². The lowest BCUT2D eigenvalue weighted by Crippen LogP contribution is -2.21. The third kappa shape index (κ3) is 4.02. The van der Waals surface area contributed by atoms with E-state index in [4.69, 9.17) is 0 Å². The molecule has 0 aliphatic carbocycles. The molecule has 0 saturated heterocycles. The van der Waals surface area contributed by atoms with Crippen molar-refractivity contribution in [2.24, 2.45) is 0 Å². The molecule has 0 radical (unpaired) electrons. The van der Waals surface area contributed by atoms with Crippen LogP contribution in [0.15, 0.2) is 36.4 Å². The van der Waals surface area contributed by atoms with Crippen LogP contribution in [-0.2, 0) is 6.42 Å². The second kappa shape index (κ2) is 6.68. The van der Waals surface area contributed by atoms with E-state index in [-0.39, 0.29) is 23.4 Å². The van der Waals surface area contributed by atoms with Crippen molar-refractivity contribution >= 4 is 0 Å². The highest BCUT2D eigenvalue weighted by atomic mass is 19.1. The molecule has 0 bridgehead atoms. The molecule has 2 aromatic carbocycles. The maximum absolute atomic E-state index is 13.2. The highest BCUT2D eigenvalue weighted by molar-refractivity contribution is 5.35. The number of phenols is 1. The molecule has 0 saturated carbocycles. The van der Waals surface area contributed by atoms with Crippen molar-refractivity contribution in [1.29, 1.82) is 0 Å². The van der Waals surface area contributed by atoms with E-state index in [1.165, 1.54) is 30.3 Å². The first-order valence-electron chi connectivity index (χ1n) is 6.94. The predicted octanol–water partition coefficient (Wildman–Crippen LogP) is 3.87. The van der Waals surface area contributed by atoms with Gasteiger partial charge in [-0.2, -0.15) is 0 Å². The van der Waals surface area contributed by atoms with E-state index in [9.17, 15) is 13.9 Å². The first kappa shape index (κ1) is 15.4. The molecule has 0 aliphatic rings. The summed E-state index contributed by atoms with van der Waals surface area (Å²) < 4.78 is 26.2. The topological polar surface area (TPSA) is 32.3 Å². The van der Waals surface area contributed by atoms with Crippen molar-refractivity contribution < 1.29 is 13.9 Å². The molecule has 2 aromatic rings. The van der Waals surface area contributed by atoms with Gasteiger partial charge in [-0.1, -0.05) is 6.07 Å². The SMILES string of the molecule is Cc1cc(F)ccc1CCNC(C)c1cc(F)ccc1O. The molecule has 2 rings (SSSR count). The molecule has 0 aliphatic heterocycles. The number of nitrogens with one attached hydrogen (secondary N) is 1. The van der Waals surface area contributed by atoms with E-state index in [0.717, 1.165) is 17.5 Å². The van der Waals surface area contributed by atoms with Crippen LogP contribution in [0.5, 0.6) is 5.75 Å². The lowest BCUT2D eigenvalue weighted by atomic mass is 10.0. The van der Waals surface area contributed by atoms with Crippen LogP contribution in [-0.4, -0.2) is 11.7 Å². The Kier molecular flexibility index (Phi) is 4.91. The molecule has 0 fully saturated rings. The third-order valence-electron chi connectivity index (χ3n) is 3.61. The zero-order chi connectivity index (χ0) is 15.4. The fourth-order valence-electron chi connectivity index (χ4n) is 2.35. The summed E-state index contributed by atoms with van der Waals surface area (Å²) in [5.74, 6) is -0.526. The van der Waals surface area contributed by atoms with Gasteiger partial charge in [0.2, 0.25) is 0 Å². The van der Waals surface area contributed by atoms with Gasteiger partial charge in [-0.15, -0.1) is 0 Å². The molecular weight excluding hydrogens is 272 g/mol. The third-order valence-corrected chi connectivity index (χ3v) is 3.61. The van der Waals surface area contributed by atoms with Crippen LogP contribution in [0, 0.1) is 18.6 Å². The van der Waals surface area contributed by atoms with Gasteiger partial charge in [-0.25, -0.2) is 8.78 Å². The molecule has 21 heavy (non-hydrogen) atoms. The molecule has 0 amide bonds. The number of benzene rings is 2. The van der Waals surface area contributed by atoms with E-state index in [2.05, 4.69) is 5.32 Å². The minimum absolute atomic E-state index is 0.0781. The van der Waals surface area contributed by atoms with Crippen molar-refractivity contribution in [2.45, 2.75) is 26.3 Å². The van der Waals surface area contributed by atoms with Gasteiger partial charge in [0.15, 0.2) is 0 Å². The van der Waals surface area contributed by atoms with E-state index in [1.54, 1.807) is 6.07 Å². The van der Waals surface area contributed by atoms with E-state index < -0.39 is 0 Å². The molecular formula is C17H19F2NO. The second-order valence-corrected chi connectivity index (χ2v) is 5.20. The van der Waals surface area contributed by atoms with Gasteiger partial charge in [0.1, 0.15) is 17.4 Å². The number of halogens is 2. The Hall–Kier alpha value is -1.94. The van der Waals surface area contributed by atoms with Crippen LogP contribution in [0.25, 0.3) is 0 Å². The smallest absolute Gasteiger partial charge is 0.123 e. The van der Waals surface area contributed by atoms with Gasteiger partial charge < -0.3 is 10.4 Å².